The van der Waals surface area contributed by atoms with Crippen LogP contribution in [0.2, 0.25) is 0 Å². The van der Waals surface area contributed by atoms with Crippen LogP contribution in [0.25, 0.3) is 0 Å². The molecule has 2 aromatic carbocycles. The predicted octanol–water partition coefficient (Wildman–Crippen LogP) is 4.17. The van der Waals surface area contributed by atoms with E-state index >= 15 is 0 Å². The maximum absolute atomic E-state index is 13.7. The number of hydrogen-bond donors (Lipinski definition) is 0. The molecule has 1 amide bonds. The van der Waals surface area contributed by atoms with E-state index < -0.39 is 43.0 Å². The fourth-order valence-electron chi connectivity index (χ4n) is 3.18. The summed E-state index contributed by atoms with van der Waals surface area (Å²) in [6.07, 6.45) is 2.72. The van der Waals surface area contributed by atoms with Gasteiger partial charge in [0.2, 0.25) is 0 Å². The van der Waals surface area contributed by atoms with Crippen molar-refractivity contribution in [3.63, 3.8) is 0 Å². The molecule has 0 aliphatic heterocycles. The minimum Gasteiger partial charge on any atom is -0.465 e. The Kier molecular flexibility index (Phi) is 7.10. The summed E-state index contributed by atoms with van der Waals surface area (Å²) in [5.41, 5.74) is -7.21. The Hall–Kier alpha value is -4.00. The van der Waals surface area contributed by atoms with Gasteiger partial charge in [0.25, 0.3) is 5.91 Å². The Morgan fingerprint density at radius 1 is 0.971 bits per heavy atom. The number of carbonyl (C=O) groups excluding carboxylic acids is 2. The second-order valence-electron chi connectivity index (χ2n) is 7.09. The van der Waals surface area contributed by atoms with E-state index in [-0.39, 0.29) is 28.5 Å². The lowest BCUT2D eigenvalue weighted by Gasteiger charge is -2.26. The van der Waals surface area contributed by atoms with Crippen LogP contribution >= 0.6 is 0 Å². The van der Waals surface area contributed by atoms with Gasteiger partial charge in [0.15, 0.2) is 0 Å². The zero-order valence-electron chi connectivity index (χ0n) is 18.5. The molecule has 3 rings (SSSR count). The maximum atomic E-state index is 13.7. The van der Waals surface area contributed by atoms with E-state index in [9.17, 15) is 31.2 Å². The largest absolute Gasteiger partial charge is 0.517 e. The van der Waals surface area contributed by atoms with Crippen molar-refractivity contribution in [2.45, 2.75) is 19.4 Å². The minimum absolute atomic E-state index is 0.121. The van der Waals surface area contributed by atoms with E-state index in [1.807, 2.05) is 0 Å². The summed E-state index contributed by atoms with van der Waals surface area (Å²) in [6, 6.07) is 8.62. The third kappa shape index (κ3) is 5.09. The number of aromatic nitrogens is 2. The van der Waals surface area contributed by atoms with Crippen molar-refractivity contribution in [1.29, 1.82) is 0 Å². The lowest BCUT2D eigenvalue weighted by Crippen LogP contribution is -2.45. The second kappa shape index (κ2) is 9.70. The van der Waals surface area contributed by atoms with Gasteiger partial charge in [-0.3, -0.25) is 4.79 Å². The van der Waals surface area contributed by atoms with E-state index in [1.165, 1.54) is 44.4 Å². The highest BCUT2D eigenvalue weighted by atomic mass is 32.2. The summed E-state index contributed by atoms with van der Waals surface area (Å²) < 4.78 is 75.8. The number of esters is 1. The normalized spacial score (nSPS) is 11.6. The van der Waals surface area contributed by atoms with Crippen LogP contribution in [0.3, 0.4) is 0 Å². The number of benzene rings is 2. The van der Waals surface area contributed by atoms with E-state index in [0.29, 0.717) is 0 Å². The summed E-state index contributed by atoms with van der Waals surface area (Å²) >= 11 is 0. The van der Waals surface area contributed by atoms with Gasteiger partial charge in [0.1, 0.15) is 5.75 Å². The highest BCUT2D eigenvalue weighted by Gasteiger charge is 2.53. The fourth-order valence-corrected chi connectivity index (χ4v) is 4.11. The van der Waals surface area contributed by atoms with Crippen molar-refractivity contribution in [3.05, 3.63) is 77.1 Å². The standard InChI is InChI=1S/C22H18F3N3O6S/c1-13-6-4-7-14(2)18(13)19(29)28(35(31,32)22(23,24)25)17-9-8-15(12-16(17)20(30)33-3)34-21-26-10-5-11-27-21/h4-12H,1-3H3. The molecule has 0 radical (unpaired) electrons. The maximum Gasteiger partial charge on any atom is 0.517 e. The zero-order chi connectivity index (χ0) is 26.0. The number of amides is 1. The number of ether oxygens (including phenoxy) is 2. The van der Waals surface area contributed by atoms with E-state index in [2.05, 4.69) is 14.7 Å². The van der Waals surface area contributed by atoms with Crippen LogP contribution in [-0.2, 0) is 14.8 Å². The molecular weight excluding hydrogens is 491 g/mol. The van der Waals surface area contributed by atoms with Gasteiger partial charge in [-0.05, 0) is 49.2 Å². The summed E-state index contributed by atoms with van der Waals surface area (Å²) in [4.78, 5) is 33.5. The zero-order valence-corrected chi connectivity index (χ0v) is 19.3. The average Bonchev–Trinajstić information content (AvgIpc) is 2.79. The van der Waals surface area contributed by atoms with Crippen LogP contribution < -0.4 is 9.04 Å². The molecule has 3 aromatic rings. The topological polar surface area (TPSA) is 116 Å². The molecule has 0 unspecified atom stereocenters. The lowest BCUT2D eigenvalue weighted by atomic mass is 10.0. The van der Waals surface area contributed by atoms with Crippen molar-refractivity contribution < 1.29 is 40.7 Å². The van der Waals surface area contributed by atoms with Gasteiger partial charge in [-0.25, -0.2) is 14.8 Å². The Bertz CT molecular complexity index is 1360. The van der Waals surface area contributed by atoms with Crippen molar-refractivity contribution in [1.82, 2.24) is 9.97 Å². The summed E-state index contributed by atoms with van der Waals surface area (Å²) in [7, 11) is -5.36. The van der Waals surface area contributed by atoms with Crippen molar-refractivity contribution >= 4 is 27.6 Å². The van der Waals surface area contributed by atoms with Crippen LogP contribution in [0.15, 0.2) is 54.9 Å². The third-order valence-electron chi connectivity index (χ3n) is 4.76. The van der Waals surface area contributed by atoms with Crippen molar-refractivity contribution in [2.24, 2.45) is 0 Å². The molecule has 13 heteroatoms. The first-order valence-electron chi connectivity index (χ1n) is 9.78. The van der Waals surface area contributed by atoms with Gasteiger partial charge in [0, 0.05) is 18.0 Å². The van der Waals surface area contributed by atoms with E-state index in [1.54, 1.807) is 6.07 Å². The third-order valence-corrected chi connectivity index (χ3v) is 6.18. The van der Waals surface area contributed by atoms with Gasteiger partial charge in [-0.2, -0.15) is 25.9 Å². The summed E-state index contributed by atoms with van der Waals surface area (Å²) in [5, 5.41) is 0. The molecular formula is C22H18F3N3O6S. The highest BCUT2D eigenvalue weighted by Crippen LogP contribution is 2.37. The van der Waals surface area contributed by atoms with Crippen LogP contribution in [0.5, 0.6) is 11.8 Å². The quantitative estimate of drug-likeness (QED) is 0.455. The molecule has 0 saturated carbocycles. The predicted molar refractivity (Wildman–Crippen MR) is 118 cm³/mol. The number of sulfonamides is 1. The number of aryl methyl sites for hydroxylation is 2. The van der Waals surface area contributed by atoms with Crippen LogP contribution in [0.4, 0.5) is 18.9 Å². The second-order valence-corrected chi connectivity index (χ2v) is 8.87. The lowest BCUT2D eigenvalue weighted by molar-refractivity contribution is -0.0437. The number of methoxy groups -OCH3 is 1. The van der Waals surface area contributed by atoms with E-state index in [0.717, 1.165) is 25.3 Å². The number of carbonyl (C=O) groups is 2. The molecule has 1 heterocycles. The molecule has 0 bridgehead atoms. The van der Waals surface area contributed by atoms with Crippen molar-refractivity contribution in [2.75, 3.05) is 11.4 Å². The summed E-state index contributed by atoms with van der Waals surface area (Å²) in [6.45, 7) is 2.88. The van der Waals surface area contributed by atoms with Crippen molar-refractivity contribution in [3.8, 4) is 11.8 Å². The number of nitrogens with zero attached hydrogens (tertiary/aromatic N) is 3. The van der Waals surface area contributed by atoms with Crippen LogP contribution in [-0.4, -0.2) is 42.9 Å². The van der Waals surface area contributed by atoms with Gasteiger partial charge in [0.05, 0.1) is 18.4 Å². The number of rotatable bonds is 6. The van der Waals surface area contributed by atoms with Gasteiger partial charge >= 0.3 is 27.5 Å². The molecule has 9 nitrogen and oxygen atoms in total. The molecule has 0 fully saturated rings. The molecule has 0 atom stereocenters. The Morgan fingerprint density at radius 3 is 2.11 bits per heavy atom. The SMILES string of the molecule is COC(=O)c1cc(Oc2ncccn2)ccc1N(C(=O)c1c(C)cccc1C)S(=O)(=O)C(F)(F)F. The molecule has 0 saturated heterocycles. The molecule has 0 spiro atoms. The highest BCUT2D eigenvalue weighted by molar-refractivity contribution is 7.94. The van der Waals surface area contributed by atoms with Gasteiger partial charge in [-0.15, -0.1) is 0 Å². The molecule has 0 aliphatic carbocycles. The monoisotopic (exact) mass is 509 g/mol. The van der Waals surface area contributed by atoms with Crippen LogP contribution in [0.1, 0.15) is 31.8 Å². The van der Waals surface area contributed by atoms with Gasteiger partial charge < -0.3 is 9.47 Å². The number of hydrogen-bond acceptors (Lipinski definition) is 8. The number of halogens is 3. The van der Waals surface area contributed by atoms with Gasteiger partial charge in [-0.1, -0.05) is 18.2 Å². The first kappa shape index (κ1) is 25.6. The van der Waals surface area contributed by atoms with Crippen LogP contribution in [0, 0.1) is 13.8 Å². The first-order valence-corrected chi connectivity index (χ1v) is 11.2. The van der Waals surface area contributed by atoms with E-state index in [4.69, 9.17) is 4.74 Å². The first-order chi connectivity index (χ1) is 16.4. The molecule has 1 aromatic heterocycles. The summed E-state index contributed by atoms with van der Waals surface area (Å²) in [5.74, 6) is -2.83. The smallest absolute Gasteiger partial charge is 0.465 e. The number of alkyl halides is 3. The molecule has 0 aliphatic rings. The Labute approximate surface area is 198 Å². The Balaban J connectivity index is 2.26. The average molecular weight is 509 g/mol. The minimum atomic E-state index is -6.30. The molecule has 0 N–H and O–H groups in total. The molecule has 184 valence electrons. The Morgan fingerprint density at radius 2 is 1.57 bits per heavy atom. The number of anilines is 1. The fraction of sp³-hybridized carbons (Fsp3) is 0.182. The molecule has 35 heavy (non-hydrogen) atoms.